The fourth-order valence-corrected chi connectivity index (χ4v) is 2.13. The SMILES string of the molecule is C[C@@H](OC(=O)/C=C/c1ccc(Br)cc1)C(=O)Nc1ccc(F)c(F)c1F. The number of esters is 1. The van der Waals surface area contributed by atoms with Crippen LogP contribution in [0.2, 0.25) is 0 Å². The zero-order valence-electron chi connectivity index (χ0n) is 13.4. The van der Waals surface area contributed by atoms with Gasteiger partial charge in [-0.15, -0.1) is 0 Å². The van der Waals surface area contributed by atoms with Gasteiger partial charge in [-0.3, -0.25) is 4.79 Å². The van der Waals surface area contributed by atoms with Crippen LogP contribution >= 0.6 is 15.9 Å². The molecule has 0 aliphatic carbocycles. The van der Waals surface area contributed by atoms with E-state index in [1.54, 1.807) is 24.3 Å². The van der Waals surface area contributed by atoms with Crippen molar-refractivity contribution < 1.29 is 27.5 Å². The monoisotopic (exact) mass is 427 g/mol. The van der Waals surface area contributed by atoms with Crippen LogP contribution in [0.4, 0.5) is 18.9 Å². The summed E-state index contributed by atoms with van der Waals surface area (Å²) in [4.78, 5) is 23.6. The van der Waals surface area contributed by atoms with Crippen molar-refractivity contribution in [3.05, 3.63) is 70.0 Å². The van der Waals surface area contributed by atoms with E-state index >= 15 is 0 Å². The van der Waals surface area contributed by atoms with Crippen molar-refractivity contribution >= 4 is 39.6 Å². The molecule has 1 atom stereocenters. The summed E-state index contributed by atoms with van der Waals surface area (Å²) < 4.78 is 45.3. The van der Waals surface area contributed by atoms with Crippen molar-refractivity contribution in [2.24, 2.45) is 0 Å². The maximum absolute atomic E-state index is 13.5. The highest BCUT2D eigenvalue weighted by atomic mass is 79.9. The number of amides is 1. The van der Waals surface area contributed by atoms with Crippen LogP contribution in [-0.4, -0.2) is 18.0 Å². The molecular weight excluding hydrogens is 415 g/mol. The molecule has 0 unspecified atom stereocenters. The molecule has 0 heterocycles. The summed E-state index contributed by atoms with van der Waals surface area (Å²) >= 11 is 3.28. The van der Waals surface area contributed by atoms with E-state index in [0.717, 1.165) is 22.2 Å². The summed E-state index contributed by atoms with van der Waals surface area (Å²) in [6, 6.07) is 8.64. The van der Waals surface area contributed by atoms with Gasteiger partial charge in [-0.25, -0.2) is 18.0 Å². The molecule has 26 heavy (non-hydrogen) atoms. The molecule has 0 aromatic heterocycles. The first kappa shape index (κ1) is 19.7. The Morgan fingerprint density at radius 2 is 1.73 bits per heavy atom. The van der Waals surface area contributed by atoms with Gasteiger partial charge in [-0.2, -0.15) is 0 Å². The number of nitrogens with one attached hydrogen (secondary N) is 1. The molecule has 0 aliphatic heterocycles. The van der Waals surface area contributed by atoms with Crippen LogP contribution in [0.3, 0.4) is 0 Å². The first-order valence-corrected chi connectivity index (χ1v) is 8.16. The summed E-state index contributed by atoms with van der Waals surface area (Å²) in [5.74, 6) is -6.29. The second-order valence-corrected chi connectivity index (χ2v) is 6.09. The molecule has 136 valence electrons. The summed E-state index contributed by atoms with van der Waals surface area (Å²) in [6.07, 6.45) is 1.35. The quantitative estimate of drug-likeness (QED) is 0.435. The second-order valence-electron chi connectivity index (χ2n) is 5.18. The molecule has 0 fully saturated rings. The molecule has 2 rings (SSSR count). The number of ether oxygens (including phenoxy) is 1. The van der Waals surface area contributed by atoms with Crippen LogP contribution in [0, 0.1) is 17.5 Å². The average molecular weight is 428 g/mol. The Balaban J connectivity index is 1.95. The third-order valence-corrected chi connectivity index (χ3v) is 3.77. The van der Waals surface area contributed by atoms with Crippen LogP contribution in [0.1, 0.15) is 12.5 Å². The van der Waals surface area contributed by atoms with Crippen molar-refractivity contribution in [1.29, 1.82) is 0 Å². The summed E-state index contributed by atoms with van der Waals surface area (Å²) in [6.45, 7) is 1.26. The molecule has 1 N–H and O–H groups in total. The van der Waals surface area contributed by atoms with Gasteiger partial charge in [0, 0.05) is 10.5 Å². The minimum Gasteiger partial charge on any atom is -0.449 e. The van der Waals surface area contributed by atoms with Crippen molar-refractivity contribution in [1.82, 2.24) is 0 Å². The smallest absolute Gasteiger partial charge is 0.331 e. The third kappa shape index (κ3) is 5.19. The highest BCUT2D eigenvalue weighted by Crippen LogP contribution is 2.20. The van der Waals surface area contributed by atoms with E-state index in [2.05, 4.69) is 15.9 Å². The summed E-state index contributed by atoms with van der Waals surface area (Å²) in [7, 11) is 0. The molecule has 4 nitrogen and oxygen atoms in total. The Hall–Kier alpha value is -2.61. The third-order valence-electron chi connectivity index (χ3n) is 3.24. The Morgan fingerprint density at radius 3 is 2.38 bits per heavy atom. The van der Waals surface area contributed by atoms with Gasteiger partial charge in [0.15, 0.2) is 23.6 Å². The Kier molecular flexibility index (Phi) is 6.57. The maximum Gasteiger partial charge on any atom is 0.331 e. The lowest BCUT2D eigenvalue weighted by Crippen LogP contribution is -2.29. The zero-order chi connectivity index (χ0) is 19.3. The average Bonchev–Trinajstić information content (AvgIpc) is 2.61. The number of carbonyl (C=O) groups excluding carboxylic acids is 2. The van der Waals surface area contributed by atoms with E-state index in [9.17, 15) is 22.8 Å². The number of carbonyl (C=O) groups is 2. The number of hydrogen-bond acceptors (Lipinski definition) is 3. The van der Waals surface area contributed by atoms with Crippen molar-refractivity contribution in [2.45, 2.75) is 13.0 Å². The van der Waals surface area contributed by atoms with Gasteiger partial charge < -0.3 is 10.1 Å². The van der Waals surface area contributed by atoms with Crippen LogP contribution < -0.4 is 5.32 Å². The lowest BCUT2D eigenvalue weighted by atomic mass is 10.2. The largest absolute Gasteiger partial charge is 0.449 e. The fourth-order valence-electron chi connectivity index (χ4n) is 1.86. The van der Waals surface area contributed by atoms with Gasteiger partial charge in [-0.05, 0) is 42.8 Å². The second kappa shape index (κ2) is 8.66. The van der Waals surface area contributed by atoms with Crippen LogP contribution in [-0.2, 0) is 14.3 Å². The van der Waals surface area contributed by atoms with Gasteiger partial charge in [0.25, 0.3) is 5.91 Å². The predicted octanol–water partition coefficient (Wildman–Crippen LogP) is 4.45. The topological polar surface area (TPSA) is 55.4 Å². The lowest BCUT2D eigenvalue weighted by molar-refractivity contribution is -0.148. The predicted molar refractivity (Wildman–Crippen MR) is 93.7 cm³/mol. The summed E-state index contributed by atoms with van der Waals surface area (Å²) in [5, 5.41) is 2.04. The molecule has 0 bridgehead atoms. The molecule has 2 aromatic rings. The van der Waals surface area contributed by atoms with E-state index < -0.39 is 41.1 Å². The van der Waals surface area contributed by atoms with Crippen LogP contribution in [0.25, 0.3) is 6.08 Å². The minimum atomic E-state index is -1.70. The van der Waals surface area contributed by atoms with E-state index in [1.165, 1.54) is 13.0 Å². The Labute approximate surface area is 155 Å². The highest BCUT2D eigenvalue weighted by Gasteiger charge is 2.20. The molecule has 0 spiro atoms. The van der Waals surface area contributed by atoms with Crippen LogP contribution in [0.5, 0.6) is 0 Å². The van der Waals surface area contributed by atoms with E-state index in [-0.39, 0.29) is 0 Å². The summed E-state index contributed by atoms with van der Waals surface area (Å²) in [5.41, 5.74) is 0.188. The molecule has 0 saturated carbocycles. The standard InChI is InChI=1S/C18H13BrF3NO3/c1-10(18(25)23-14-8-7-13(20)16(21)17(14)22)26-15(24)9-4-11-2-5-12(19)6-3-11/h2-10H,1H3,(H,23,25)/b9-4+/t10-/m1/s1. The van der Waals surface area contributed by atoms with Gasteiger partial charge in [0.05, 0.1) is 5.69 Å². The molecule has 0 saturated heterocycles. The molecule has 0 radical (unpaired) electrons. The molecule has 2 aromatic carbocycles. The maximum atomic E-state index is 13.5. The number of benzene rings is 2. The van der Waals surface area contributed by atoms with Gasteiger partial charge in [0.1, 0.15) is 0 Å². The van der Waals surface area contributed by atoms with E-state index in [1.807, 2.05) is 5.32 Å². The van der Waals surface area contributed by atoms with Crippen LogP contribution in [0.15, 0.2) is 46.9 Å². The first-order chi connectivity index (χ1) is 12.3. The minimum absolute atomic E-state index is 0.554. The van der Waals surface area contributed by atoms with E-state index in [0.29, 0.717) is 6.07 Å². The van der Waals surface area contributed by atoms with E-state index in [4.69, 9.17) is 4.74 Å². The number of anilines is 1. The fraction of sp³-hybridized carbons (Fsp3) is 0.111. The molecule has 1 amide bonds. The molecule has 8 heteroatoms. The Morgan fingerprint density at radius 1 is 1.08 bits per heavy atom. The zero-order valence-corrected chi connectivity index (χ0v) is 15.0. The number of halogens is 4. The Bertz CT molecular complexity index is 854. The van der Waals surface area contributed by atoms with Gasteiger partial charge >= 0.3 is 5.97 Å². The normalized spacial score (nSPS) is 12.0. The van der Waals surface area contributed by atoms with Crippen molar-refractivity contribution in [2.75, 3.05) is 5.32 Å². The van der Waals surface area contributed by atoms with Crippen molar-refractivity contribution in [3.8, 4) is 0 Å². The highest BCUT2D eigenvalue weighted by molar-refractivity contribution is 9.10. The molecular formula is C18H13BrF3NO3. The number of rotatable bonds is 5. The van der Waals surface area contributed by atoms with Gasteiger partial charge in [0.2, 0.25) is 0 Å². The first-order valence-electron chi connectivity index (χ1n) is 7.36. The van der Waals surface area contributed by atoms with Crippen molar-refractivity contribution in [3.63, 3.8) is 0 Å². The molecule has 0 aliphatic rings. The van der Waals surface area contributed by atoms with Gasteiger partial charge in [-0.1, -0.05) is 28.1 Å². The number of hydrogen-bond donors (Lipinski definition) is 1. The lowest BCUT2D eigenvalue weighted by Gasteiger charge is -2.13.